The number of primary sulfonamides is 1. The second-order valence-corrected chi connectivity index (χ2v) is 7.59. The minimum Gasteiger partial charge on any atom is -0.379 e. The van der Waals surface area contributed by atoms with Crippen molar-refractivity contribution in [3.05, 3.63) is 29.8 Å². The van der Waals surface area contributed by atoms with Crippen LogP contribution in [-0.2, 0) is 26.0 Å². The number of sulfonamides is 1. The summed E-state index contributed by atoms with van der Waals surface area (Å²) in [7, 11) is -3.70. The highest BCUT2D eigenvalue weighted by Gasteiger charge is 2.15. The third-order valence-corrected chi connectivity index (χ3v) is 4.76. The number of ether oxygens (including phenoxy) is 2. The van der Waals surface area contributed by atoms with Gasteiger partial charge >= 0.3 is 0 Å². The molecule has 0 aliphatic carbocycles. The van der Waals surface area contributed by atoms with Gasteiger partial charge in [-0.3, -0.25) is 0 Å². The second kappa shape index (κ2) is 12.5. The van der Waals surface area contributed by atoms with Gasteiger partial charge in [0.25, 0.3) is 0 Å². The van der Waals surface area contributed by atoms with Gasteiger partial charge in [0.15, 0.2) is 5.96 Å². The van der Waals surface area contributed by atoms with E-state index in [0.29, 0.717) is 25.7 Å². The average molecular weight is 512 g/mol. The lowest BCUT2D eigenvalue weighted by molar-refractivity contribution is 0.0420. The topological polar surface area (TPSA) is 115 Å². The Morgan fingerprint density at radius 3 is 2.89 bits per heavy atom. The smallest absolute Gasteiger partial charge is 0.238 e. The van der Waals surface area contributed by atoms with Crippen molar-refractivity contribution < 1.29 is 17.9 Å². The fraction of sp³-hybridized carbons (Fsp3) is 0.588. The van der Waals surface area contributed by atoms with E-state index in [1.54, 1.807) is 12.1 Å². The van der Waals surface area contributed by atoms with E-state index in [0.717, 1.165) is 38.1 Å². The number of nitrogens with one attached hydrogen (secondary N) is 2. The highest BCUT2D eigenvalue weighted by atomic mass is 127. The molecule has 8 nitrogen and oxygen atoms in total. The lowest BCUT2D eigenvalue weighted by Crippen LogP contribution is -2.38. The van der Waals surface area contributed by atoms with Crippen molar-refractivity contribution in [2.75, 3.05) is 32.9 Å². The molecule has 2 rings (SSSR count). The maximum Gasteiger partial charge on any atom is 0.238 e. The first kappa shape index (κ1) is 24.1. The molecule has 0 radical (unpaired) electrons. The van der Waals surface area contributed by atoms with Crippen LogP contribution >= 0.6 is 24.0 Å². The van der Waals surface area contributed by atoms with E-state index in [1.165, 1.54) is 6.07 Å². The zero-order valence-corrected chi connectivity index (χ0v) is 18.7. The normalized spacial score (nSPS) is 17.4. The van der Waals surface area contributed by atoms with Crippen LogP contribution in [0.5, 0.6) is 0 Å². The highest BCUT2D eigenvalue weighted by molar-refractivity contribution is 14.0. The van der Waals surface area contributed by atoms with E-state index in [9.17, 15) is 8.42 Å². The number of hydrogen-bond donors (Lipinski definition) is 3. The summed E-state index contributed by atoms with van der Waals surface area (Å²) in [6.07, 6.45) is 2.06. The molecule has 27 heavy (non-hydrogen) atoms. The Hall–Kier alpha value is -0.950. The minimum atomic E-state index is -3.70. The molecule has 4 N–H and O–H groups in total. The van der Waals surface area contributed by atoms with E-state index >= 15 is 0 Å². The molecule has 1 unspecified atom stereocenters. The molecule has 1 aromatic carbocycles. The van der Waals surface area contributed by atoms with Crippen LogP contribution in [0.25, 0.3) is 0 Å². The molecule has 1 atom stereocenters. The van der Waals surface area contributed by atoms with Crippen molar-refractivity contribution >= 4 is 40.0 Å². The Morgan fingerprint density at radius 2 is 2.22 bits per heavy atom. The van der Waals surface area contributed by atoms with Crippen LogP contribution in [0.3, 0.4) is 0 Å². The zero-order valence-electron chi connectivity index (χ0n) is 15.5. The maximum atomic E-state index is 11.4. The number of hydrogen-bond acceptors (Lipinski definition) is 5. The van der Waals surface area contributed by atoms with Gasteiger partial charge in [-0.15, -0.1) is 24.0 Å². The number of aliphatic imine (C=N–C) groups is 1. The Morgan fingerprint density at radius 1 is 1.41 bits per heavy atom. The van der Waals surface area contributed by atoms with Crippen molar-refractivity contribution in [3.63, 3.8) is 0 Å². The monoisotopic (exact) mass is 512 g/mol. The Kier molecular flexibility index (Phi) is 11.1. The van der Waals surface area contributed by atoms with Gasteiger partial charge in [-0.1, -0.05) is 12.1 Å². The van der Waals surface area contributed by atoms with Gasteiger partial charge in [0, 0.05) is 26.3 Å². The van der Waals surface area contributed by atoms with Crippen molar-refractivity contribution in [1.82, 2.24) is 10.6 Å². The van der Waals surface area contributed by atoms with Crippen LogP contribution in [-0.4, -0.2) is 53.4 Å². The van der Waals surface area contributed by atoms with Gasteiger partial charge in [-0.05, 0) is 37.5 Å². The van der Waals surface area contributed by atoms with Crippen LogP contribution in [0.4, 0.5) is 0 Å². The van der Waals surface area contributed by atoms with Gasteiger partial charge in [0.1, 0.15) is 0 Å². The van der Waals surface area contributed by atoms with Gasteiger partial charge in [-0.25, -0.2) is 18.5 Å². The summed E-state index contributed by atoms with van der Waals surface area (Å²) < 4.78 is 33.8. The number of guanidine groups is 1. The standard InChI is InChI=1S/C17H28N4O4S.HI/c1-2-19-17(20-8-4-9-25-15-7-10-24-13-15)21-12-14-5-3-6-16(11-14)26(18,22)23;/h3,5-6,11,15H,2,4,7-10,12-13H2,1H3,(H2,18,22,23)(H2,19,20,21);1H. The molecule has 0 saturated carbocycles. The summed E-state index contributed by atoms with van der Waals surface area (Å²) in [4.78, 5) is 4.57. The lowest BCUT2D eigenvalue weighted by Gasteiger charge is -2.13. The summed E-state index contributed by atoms with van der Waals surface area (Å²) >= 11 is 0. The highest BCUT2D eigenvalue weighted by Crippen LogP contribution is 2.10. The quantitative estimate of drug-likeness (QED) is 0.198. The van der Waals surface area contributed by atoms with Gasteiger partial charge in [0.05, 0.1) is 24.2 Å². The van der Waals surface area contributed by atoms with Gasteiger partial charge < -0.3 is 20.1 Å². The van der Waals surface area contributed by atoms with Crippen molar-refractivity contribution in [2.24, 2.45) is 10.1 Å². The molecule has 0 spiro atoms. The fourth-order valence-corrected chi connectivity index (χ4v) is 3.09. The molecular formula is C17H29IN4O4S. The van der Waals surface area contributed by atoms with E-state index in [1.807, 2.05) is 13.0 Å². The molecule has 1 aliphatic rings. The SMILES string of the molecule is CCNC(=NCc1cccc(S(N)(=O)=O)c1)NCCCOC1CCOC1.I. The van der Waals surface area contributed by atoms with Gasteiger partial charge in [0.2, 0.25) is 10.0 Å². The molecule has 0 bridgehead atoms. The molecule has 0 amide bonds. The molecule has 1 aliphatic heterocycles. The molecule has 154 valence electrons. The summed E-state index contributed by atoms with van der Waals surface area (Å²) in [5, 5.41) is 11.6. The molecule has 1 aromatic rings. The predicted molar refractivity (Wildman–Crippen MR) is 116 cm³/mol. The van der Waals surface area contributed by atoms with E-state index in [4.69, 9.17) is 14.6 Å². The number of nitrogens with zero attached hydrogens (tertiary/aromatic N) is 1. The van der Waals surface area contributed by atoms with Crippen LogP contribution in [0, 0.1) is 0 Å². The third kappa shape index (κ3) is 9.19. The number of nitrogens with two attached hydrogens (primary N) is 1. The van der Waals surface area contributed by atoms with E-state index in [-0.39, 0.29) is 35.0 Å². The van der Waals surface area contributed by atoms with Crippen molar-refractivity contribution in [1.29, 1.82) is 0 Å². The largest absolute Gasteiger partial charge is 0.379 e. The van der Waals surface area contributed by atoms with Crippen LogP contribution < -0.4 is 15.8 Å². The molecule has 1 fully saturated rings. The van der Waals surface area contributed by atoms with Crippen molar-refractivity contribution in [3.8, 4) is 0 Å². The first-order valence-electron chi connectivity index (χ1n) is 8.82. The first-order chi connectivity index (χ1) is 12.5. The Balaban J connectivity index is 0.00000364. The van der Waals surface area contributed by atoms with Crippen LogP contribution in [0.1, 0.15) is 25.3 Å². The average Bonchev–Trinajstić information content (AvgIpc) is 3.12. The zero-order chi connectivity index (χ0) is 18.8. The minimum absolute atomic E-state index is 0. The van der Waals surface area contributed by atoms with Crippen LogP contribution in [0.2, 0.25) is 0 Å². The predicted octanol–water partition coefficient (Wildman–Crippen LogP) is 1.20. The number of rotatable bonds is 9. The molecule has 0 aromatic heterocycles. The van der Waals surface area contributed by atoms with Gasteiger partial charge in [-0.2, -0.15) is 0 Å². The van der Waals surface area contributed by atoms with E-state index < -0.39 is 10.0 Å². The number of halogens is 1. The summed E-state index contributed by atoms with van der Waals surface area (Å²) in [6, 6.07) is 6.50. The fourth-order valence-electron chi connectivity index (χ4n) is 2.51. The molecule has 1 heterocycles. The van der Waals surface area contributed by atoms with Crippen molar-refractivity contribution in [2.45, 2.75) is 37.3 Å². The van der Waals surface area contributed by atoms with E-state index in [2.05, 4.69) is 15.6 Å². The first-order valence-corrected chi connectivity index (χ1v) is 10.4. The maximum absolute atomic E-state index is 11.4. The second-order valence-electron chi connectivity index (χ2n) is 6.02. The Bertz CT molecular complexity index is 694. The molecule has 10 heteroatoms. The lowest BCUT2D eigenvalue weighted by atomic mass is 10.2. The Labute approximate surface area is 178 Å². The molecule has 1 saturated heterocycles. The summed E-state index contributed by atoms with van der Waals surface area (Å²) in [5.74, 6) is 0.678. The van der Waals surface area contributed by atoms with Crippen LogP contribution in [0.15, 0.2) is 34.2 Å². The molecular weight excluding hydrogens is 483 g/mol. The summed E-state index contributed by atoms with van der Waals surface area (Å²) in [6.45, 7) is 5.96. The summed E-state index contributed by atoms with van der Waals surface area (Å²) in [5.41, 5.74) is 0.776. The third-order valence-electron chi connectivity index (χ3n) is 3.85. The number of benzene rings is 1.